The molecule has 0 saturated heterocycles. The minimum Gasteiger partial charge on any atom is -0.456 e. The fourth-order valence-corrected chi connectivity index (χ4v) is 4.65. The molecular formula is C21H21NO5S. The van der Waals surface area contributed by atoms with Gasteiger partial charge in [0.2, 0.25) is 0 Å². The molecule has 2 aliphatic heterocycles. The number of ether oxygens (including phenoxy) is 2. The summed E-state index contributed by atoms with van der Waals surface area (Å²) in [4.78, 5) is 39.9. The van der Waals surface area contributed by atoms with E-state index in [1.807, 2.05) is 20.8 Å². The molecule has 0 fully saturated rings. The third kappa shape index (κ3) is 3.25. The SMILES string of the molecule is CC(C)(C)OC(=O)c1csc2c1CCOC2CN1C(=O)c2ccccc2C1=O. The van der Waals surface area contributed by atoms with Crippen molar-refractivity contribution in [2.24, 2.45) is 0 Å². The van der Waals surface area contributed by atoms with Crippen molar-refractivity contribution in [3.63, 3.8) is 0 Å². The highest BCUT2D eigenvalue weighted by molar-refractivity contribution is 7.10. The molecule has 4 rings (SSSR count). The van der Waals surface area contributed by atoms with Gasteiger partial charge in [0, 0.05) is 10.3 Å². The number of nitrogens with zero attached hydrogens (tertiary/aromatic N) is 1. The summed E-state index contributed by atoms with van der Waals surface area (Å²) in [7, 11) is 0. The molecule has 1 aromatic carbocycles. The van der Waals surface area contributed by atoms with Crippen molar-refractivity contribution >= 4 is 29.1 Å². The number of hydrogen-bond donors (Lipinski definition) is 0. The van der Waals surface area contributed by atoms with Gasteiger partial charge < -0.3 is 9.47 Å². The Balaban J connectivity index is 1.58. The van der Waals surface area contributed by atoms with Crippen molar-refractivity contribution in [1.82, 2.24) is 4.90 Å². The molecule has 28 heavy (non-hydrogen) atoms. The summed E-state index contributed by atoms with van der Waals surface area (Å²) in [6, 6.07) is 6.81. The van der Waals surface area contributed by atoms with E-state index < -0.39 is 11.7 Å². The molecule has 0 spiro atoms. The lowest BCUT2D eigenvalue weighted by Gasteiger charge is -2.27. The molecule has 1 aromatic heterocycles. The number of esters is 1. The number of carbonyl (C=O) groups excluding carboxylic acids is 3. The van der Waals surface area contributed by atoms with Crippen LogP contribution in [0, 0.1) is 0 Å². The fraction of sp³-hybridized carbons (Fsp3) is 0.381. The molecule has 0 bridgehead atoms. The molecule has 146 valence electrons. The van der Waals surface area contributed by atoms with Crippen molar-refractivity contribution in [3.05, 3.63) is 56.8 Å². The average Bonchev–Trinajstić information content (AvgIpc) is 3.17. The second-order valence-corrected chi connectivity index (χ2v) is 8.78. The molecule has 0 saturated carbocycles. The van der Waals surface area contributed by atoms with Gasteiger partial charge in [-0.25, -0.2) is 4.79 Å². The second-order valence-electron chi connectivity index (χ2n) is 7.87. The Labute approximate surface area is 167 Å². The Morgan fingerprint density at radius 1 is 1.21 bits per heavy atom. The van der Waals surface area contributed by atoms with Gasteiger partial charge in [-0.15, -0.1) is 11.3 Å². The molecule has 7 heteroatoms. The third-order valence-corrected chi connectivity index (χ3v) is 5.85. The Bertz CT molecular complexity index is 936. The van der Waals surface area contributed by atoms with Gasteiger partial charge in [0.05, 0.1) is 29.8 Å². The van der Waals surface area contributed by atoms with Gasteiger partial charge in [-0.05, 0) is 44.9 Å². The van der Waals surface area contributed by atoms with E-state index in [1.54, 1.807) is 29.6 Å². The first-order valence-corrected chi connectivity index (χ1v) is 10.0. The van der Waals surface area contributed by atoms with Crippen molar-refractivity contribution in [2.75, 3.05) is 13.2 Å². The topological polar surface area (TPSA) is 72.9 Å². The molecule has 1 unspecified atom stereocenters. The van der Waals surface area contributed by atoms with Gasteiger partial charge in [-0.1, -0.05) is 12.1 Å². The second kappa shape index (κ2) is 6.83. The lowest BCUT2D eigenvalue weighted by Crippen LogP contribution is -2.36. The molecule has 0 radical (unpaired) electrons. The minimum absolute atomic E-state index is 0.133. The van der Waals surface area contributed by atoms with E-state index in [0.29, 0.717) is 29.7 Å². The predicted molar refractivity (Wildman–Crippen MR) is 104 cm³/mol. The summed E-state index contributed by atoms with van der Waals surface area (Å²) >= 11 is 1.41. The molecular weight excluding hydrogens is 378 g/mol. The van der Waals surface area contributed by atoms with Crippen LogP contribution in [0.5, 0.6) is 0 Å². The molecule has 3 heterocycles. The molecule has 2 amide bonds. The first-order valence-electron chi connectivity index (χ1n) is 9.16. The number of carbonyl (C=O) groups is 3. The molecule has 2 aliphatic rings. The highest BCUT2D eigenvalue weighted by Crippen LogP contribution is 2.37. The summed E-state index contributed by atoms with van der Waals surface area (Å²) in [5.41, 5.74) is 1.71. The van der Waals surface area contributed by atoms with Crippen LogP contribution in [0.25, 0.3) is 0 Å². The van der Waals surface area contributed by atoms with E-state index in [2.05, 4.69) is 0 Å². The predicted octanol–water partition coefficient (Wildman–Crippen LogP) is 3.61. The summed E-state index contributed by atoms with van der Waals surface area (Å²) in [5.74, 6) is -0.966. The van der Waals surface area contributed by atoms with Crippen molar-refractivity contribution in [1.29, 1.82) is 0 Å². The van der Waals surface area contributed by atoms with Gasteiger partial charge in [0.25, 0.3) is 11.8 Å². The highest BCUT2D eigenvalue weighted by Gasteiger charge is 2.39. The van der Waals surface area contributed by atoms with Crippen LogP contribution in [0.15, 0.2) is 29.6 Å². The van der Waals surface area contributed by atoms with Crippen LogP contribution in [0.2, 0.25) is 0 Å². The quantitative estimate of drug-likeness (QED) is 0.582. The Morgan fingerprint density at radius 3 is 2.46 bits per heavy atom. The van der Waals surface area contributed by atoms with Crippen LogP contribution >= 0.6 is 11.3 Å². The van der Waals surface area contributed by atoms with E-state index in [1.165, 1.54) is 16.2 Å². The number of fused-ring (bicyclic) bond motifs is 2. The Morgan fingerprint density at radius 2 is 1.86 bits per heavy atom. The van der Waals surface area contributed by atoms with E-state index in [4.69, 9.17) is 9.47 Å². The third-order valence-electron chi connectivity index (χ3n) is 4.74. The van der Waals surface area contributed by atoms with Crippen LogP contribution in [-0.4, -0.2) is 41.4 Å². The smallest absolute Gasteiger partial charge is 0.339 e. The maximum absolute atomic E-state index is 12.6. The fourth-order valence-electron chi connectivity index (χ4n) is 3.52. The van der Waals surface area contributed by atoms with Crippen molar-refractivity contribution < 1.29 is 23.9 Å². The van der Waals surface area contributed by atoms with Crippen LogP contribution in [0.3, 0.4) is 0 Å². The molecule has 1 atom stereocenters. The summed E-state index contributed by atoms with van der Waals surface area (Å²) in [6.45, 7) is 6.05. The van der Waals surface area contributed by atoms with Gasteiger partial charge in [-0.2, -0.15) is 0 Å². The summed E-state index contributed by atoms with van der Waals surface area (Å²) < 4.78 is 11.4. The number of rotatable bonds is 3. The van der Waals surface area contributed by atoms with Gasteiger partial charge >= 0.3 is 5.97 Å². The highest BCUT2D eigenvalue weighted by atomic mass is 32.1. The molecule has 0 N–H and O–H groups in total. The molecule has 0 aliphatic carbocycles. The standard InChI is InChI=1S/C21H21NO5S/c1-21(2,3)27-20(25)15-11-28-17-12(15)8-9-26-16(17)10-22-18(23)13-6-4-5-7-14(13)19(22)24/h4-7,11,16H,8-10H2,1-3H3. The number of hydrogen-bond acceptors (Lipinski definition) is 6. The number of amides is 2. The maximum atomic E-state index is 12.6. The van der Waals surface area contributed by atoms with Gasteiger partial charge in [0.1, 0.15) is 11.7 Å². The monoisotopic (exact) mass is 399 g/mol. The van der Waals surface area contributed by atoms with Crippen LogP contribution in [0.4, 0.5) is 0 Å². The van der Waals surface area contributed by atoms with E-state index in [9.17, 15) is 14.4 Å². The lowest BCUT2D eigenvalue weighted by molar-refractivity contribution is 0.00560. The maximum Gasteiger partial charge on any atom is 0.339 e. The van der Waals surface area contributed by atoms with Crippen LogP contribution in [0.1, 0.15) is 68.4 Å². The summed E-state index contributed by atoms with van der Waals surface area (Å²) in [6.07, 6.45) is 0.165. The minimum atomic E-state index is -0.573. The summed E-state index contributed by atoms with van der Waals surface area (Å²) in [5, 5.41) is 1.78. The largest absolute Gasteiger partial charge is 0.456 e. The molecule has 6 nitrogen and oxygen atoms in total. The van der Waals surface area contributed by atoms with E-state index >= 15 is 0 Å². The Hall–Kier alpha value is -2.51. The zero-order valence-electron chi connectivity index (χ0n) is 16.0. The van der Waals surface area contributed by atoms with Crippen molar-refractivity contribution in [3.8, 4) is 0 Å². The average molecular weight is 399 g/mol. The van der Waals surface area contributed by atoms with Crippen LogP contribution in [-0.2, 0) is 15.9 Å². The normalized spacial score (nSPS) is 18.8. The van der Waals surface area contributed by atoms with Crippen LogP contribution < -0.4 is 0 Å². The molecule has 2 aromatic rings. The lowest BCUT2D eigenvalue weighted by atomic mass is 10.0. The number of thiophene rings is 1. The zero-order valence-corrected chi connectivity index (χ0v) is 16.8. The first kappa shape index (κ1) is 18.8. The first-order chi connectivity index (χ1) is 13.3. The number of imide groups is 1. The van der Waals surface area contributed by atoms with Gasteiger partial charge in [-0.3, -0.25) is 14.5 Å². The van der Waals surface area contributed by atoms with Gasteiger partial charge in [0.15, 0.2) is 0 Å². The van der Waals surface area contributed by atoms with E-state index in [-0.39, 0.29) is 24.3 Å². The Kier molecular flexibility index (Phi) is 4.59. The zero-order chi connectivity index (χ0) is 20.1. The van der Waals surface area contributed by atoms with Crippen molar-refractivity contribution in [2.45, 2.75) is 38.9 Å². The number of benzene rings is 1. The van der Waals surface area contributed by atoms with E-state index in [0.717, 1.165) is 10.4 Å².